The van der Waals surface area contributed by atoms with Crippen LogP contribution in [0.5, 0.6) is 17.2 Å². The quantitative estimate of drug-likeness (QED) is 0.536. The molecule has 6 nitrogen and oxygen atoms in total. The summed E-state index contributed by atoms with van der Waals surface area (Å²) in [5, 5.41) is 0.118. The molecule has 2 aromatic carbocycles. The molecule has 0 aliphatic rings. The van der Waals surface area contributed by atoms with Gasteiger partial charge in [-0.25, -0.2) is 4.79 Å². The lowest BCUT2D eigenvalue weighted by Crippen LogP contribution is -2.12. The number of esters is 1. The highest BCUT2D eigenvalue weighted by Gasteiger charge is 2.23. The average molecular weight is 340 g/mol. The SMILES string of the molecule is COc1cc2oc(C)cc(=O)c2c(OC(=O)c2ccccc2)c1OC. The molecule has 0 atom stereocenters. The highest BCUT2D eigenvalue weighted by atomic mass is 16.6. The Kier molecular flexibility index (Phi) is 4.43. The van der Waals surface area contributed by atoms with E-state index in [2.05, 4.69) is 0 Å². The van der Waals surface area contributed by atoms with Crippen LogP contribution < -0.4 is 19.6 Å². The van der Waals surface area contributed by atoms with Crippen molar-refractivity contribution in [2.75, 3.05) is 14.2 Å². The Labute approximate surface area is 143 Å². The van der Waals surface area contributed by atoms with Gasteiger partial charge in [0.1, 0.15) is 16.7 Å². The zero-order valence-corrected chi connectivity index (χ0v) is 14.0. The predicted octanol–water partition coefficient (Wildman–Crippen LogP) is 3.34. The van der Waals surface area contributed by atoms with Crippen molar-refractivity contribution in [2.24, 2.45) is 0 Å². The predicted molar refractivity (Wildman–Crippen MR) is 91.7 cm³/mol. The van der Waals surface area contributed by atoms with E-state index in [0.717, 1.165) is 0 Å². The van der Waals surface area contributed by atoms with Crippen LogP contribution in [0.4, 0.5) is 0 Å². The van der Waals surface area contributed by atoms with Gasteiger partial charge in [-0.3, -0.25) is 4.79 Å². The third kappa shape index (κ3) is 3.06. The summed E-state index contributed by atoms with van der Waals surface area (Å²) in [4.78, 5) is 24.9. The Morgan fingerprint density at radius 3 is 2.36 bits per heavy atom. The topological polar surface area (TPSA) is 75.0 Å². The largest absolute Gasteiger partial charge is 0.493 e. The monoisotopic (exact) mass is 340 g/mol. The molecule has 0 spiro atoms. The molecule has 0 amide bonds. The Bertz CT molecular complexity index is 988. The first-order chi connectivity index (χ1) is 12.0. The average Bonchev–Trinajstić information content (AvgIpc) is 2.61. The lowest BCUT2D eigenvalue weighted by atomic mass is 10.1. The number of hydrogen-bond donors (Lipinski definition) is 0. The summed E-state index contributed by atoms with van der Waals surface area (Å²) in [5.41, 5.74) is 0.256. The number of hydrogen-bond acceptors (Lipinski definition) is 6. The van der Waals surface area contributed by atoms with Gasteiger partial charge in [-0.1, -0.05) is 18.2 Å². The number of rotatable bonds is 4. The fourth-order valence-corrected chi connectivity index (χ4v) is 2.54. The van der Waals surface area contributed by atoms with E-state index in [1.807, 2.05) is 0 Å². The minimum Gasteiger partial charge on any atom is -0.493 e. The van der Waals surface area contributed by atoms with Crippen molar-refractivity contribution >= 4 is 16.9 Å². The number of benzene rings is 2. The summed E-state index contributed by atoms with van der Waals surface area (Å²) < 4.78 is 21.7. The van der Waals surface area contributed by atoms with E-state index in [4.69, 9.17) is 18.6 Å². The molecule has 3 rings (SSSR count). The third-order valence-electron chi connectivity index (χ3n) is 3.65. The second-order valence-electron chi connectivity index (χ2n) is 5.29. The molecule has 25 heavy (non-hydrogen) atoms. The molecule has 0 saturated heterocycles. The lowest BCUT2D eigenvalue weighted by molar-refractivity contribution is 0.0731. The number of ether oxygens (including phenoxy) is 3. The maximum Gasteiger partial charge on any atom is 0.343 e. The first kappa shape index (κ1) is 16.6. The van der Waals surface area contributed by atoms with Crippen LogP contribution in [0.1, 0.15) is 16.1 Å². The molecular formula is C19H16O6. The van der Waals surface area contributed by atoms with E-state index in [9.17, 15) is 9.59 Å². The fraction of sp³-hybridized carbons (Fsp3) is 0.158. The van der Waals surface area contributed by atoms with E-state index in [1.165, 1.54) is 26.4 Å². The maximum absolute atomic E-state index is 12.5. The fourth-order valence-electron chi connectivity index (χ4n) is 2.54. The van der Waals surface area contributed by atoms with Gasteiger partial charge in [0, 0.05) is 12.1 Å². The molecule has 1 aromatic heterocycles. The summed E-state index contributed by atoms with van der Waals surface area (Å²) in [7, 11) is 2.85. The van der Waals surface area contributed by atoms with Gasteiger partial charge in [-0.15, -0.1) is 0 Å². The van der Waals surface area contributed by atoms with Crippen LogP contribution in [0.3, 0.4) is 0 Å². The third-order valence-corrected chi connectivity index (χ3v) is 3.65. The molecule has 0 N–H and O–H groups in total. The van der Waals surface area contributed by atoms with Gasteiger partial charge in [-0.05, 0) is 19.1 Å². The molecular weight excluding hydrogens is 324 g/mol. The first-order valence-corrected chi connectivity index (χ1v) is 7.51. The van der Waals surface area contributed by atoms with Crippen molar-refractivity contribution in [3.63, 3.8) is 0 Å². The summed E-state index contributed by atoms with van der Waals surface area (Å²) >= 11 is 0. The van der Waals surface area contributed by atoms with Gasteiger partial charge in [0.05, 0.1) is 19.8 Å². The van der Waals surface area contributed by atoms with Crippen LogP contribution in [0, 0.1) is 6.92 Å². The summed E-state index contributed by atoms with van der Waals surface area (Å²) in [6, 6.07) is 11.3. The molecule has 0 unspecified atom stereocenters. The van der Waals surface area contributed by atoms with Crippen LogP contribution >= 0.6 is 0 Å². The van der Waals surface area contributed by atoms with Crippen LogP contribution in [0.25, 0.3) is 11.0 Å². The molecule has 0 radical (unpaired) electrons. The molecule has 0 bridgehead atoms. The Morgan fingerprint density at radius 2 is 1.72 bits per heavy atom. The second kappa shape index (κ2) is 6.68. The molecule has 0 saturated carbocycles. The van der Waals surface area contributed by atoms with Crippen LogP contribution in [0.2, 0.25) is 0 Å². The first-order valence-electron chi connectivity index (χ1n) is 7.51. The van der Waals surface area contributed by atoms with E-state index >= 15 is 0 Å². The van der Waals surface area contributed by atoms with Crippen LogP contribution in [-0.2, 0) is 0 Å². The standard InChI is InChI=1S/C19H16O6/c1-11-9-13(20)16-14(24-11)10-15(22-2)17(23-3)18(16)25-19(21)12-7-5-4-6-8-12/h4-10H,1-3H3. The van der Waals surface area contributed by atoms with Crippen LogP contribution in [0.15, 0.2) is 51.7 Å². The molecule has 128 valence electrons. The van der Waals surface area contributed by atoms with E-state index < -0.39 is 5.97 Å². The number of aryl methyl sites for hydroxylation is 1. The second-order valence-corrected chi connectivity index (χ2v) is 5.29. The number of carbonyl (C=O) groups excluding carboxylic acids is 1. The Balaban J connectivity index is 2.24. The molecule has 0 fully saturated rings. The summed E-state index contributed by atoms with van der Waals surface area (Å²) in [5.74, 6) is 0.230. The normalized spacial score (nSPS) is 10.5. The van der Waals surface area contributed by atoms with Gasteiger partial charge in [0.25, 0.3) is 0 Å². The summed E-state index contributed by atoms with van der Waals surface area (Å²) in [6.07, 6.45) is 0. The minimum absolute atomic E-state index is 0.0283. The van der Waals surface area contributed by atoms with Crippen molar-refractivity contribution < 1.29 is 23.4 Å². The summed E-state index contributed by atoms with van der Waals surface area (Å²) in [6.45, 7) is 1.66. The Hall–Kier alpha value is -3.28. The smallest absolute Gasteiger partial charge is 0.343 e. The van der Waals surface area contributed by atoms with E-state index in [0.29, 0.717) is 17.1 Å². The van der Waals surface area contributed by atoms with Crippen molar-refractivity contribution in [1.29, 1.82) is 0 Å². The zero-order valence-electron chi connectivity index (χ0n) is 14.0. The van der Waals surface area contributed by atoms with Crippen molar-refractivity contribution in [1.82, 2.24) is 0 Å². The highest BCUT2D eigenvalue weighted by Crippen LogP contribution is 2.42. The van der Waals surface area contributed by atoms with Crippen LogP contribution in [-0.4, -0.2) is 20.2 Å². The zero-order chi connectivity index (χ0) is 18.0. The number of methoxy groups -OCH3 is 2. The van der Waals surface area contributed by atoms with Gasteiger partial charge in [0.15, 0.2) is 16.9 Å². The Morgan fingerprint density at radius 1 is 1.00 bits per heavy atom. The molecule has 6 heteroatoms. The molecule has 0 aliphatic carbocycles. The molecule has 0 aliphatic heterocycles. The van der Waals surface area contributed by atoms with Gasteiger partial charge < -0.3 is 18.6 Å². The minimum atomic E-state index is -0.617. The van der Waals surface area contributed by atoms with E-state index in [1.54, 1.807) is 37.3 Å². The molecule has 1 heterocycles. The molecule has 3 aromatic rings. The van der Waals surface area contributed by atoms with Crippen molar-refractivity contribution in [2.45, 2.75) is 6.92 Å². The van der Waals surface area contributed by atoms with E-state index in [-0.39, 0.29) is 27.9 Å². The number of fused-ring (bicyclic) bond motifs is 1. The van der Waals surface area contributed by atoms with Gasteiger partial charge >= 0.3 is 5.97 Å². The lowest BCUT2D eigenvalue weighted by Gasteiger charge is -2.15. The number of carbonyl (C=O) groups is 1. The van der Waals surface area contributed by atoms with Crippen molar-refractivity contribution in [3.05, 3.63) is 64.0 Å². The van der Waals surface area contributed by atoms with Crippen molar-refractivity contribution in [3.8, 4) is 17.2 Å². The van der Waals surface area contributed by atoms with Gasteiger partial charge in [-0.2, -0.15) is 0 Å². The van der Waals surface area contributed by atoms with Gasteiger partial charge in [0.2, 0.25) is 5.75 Å². The highest BCUT2D eigenvalue weighted by molar-refractivity contribution is 5.96. The maximum atomic E-state index is 12.5.